The summed E-state index contributed by atoms with van der Waals surface area (Å²) in [5.41, 5.74) is 1.17. The topological polar surface area (TPSA) is 109 Å². The minimum Gasteiger partial charge on any atom is -0.505 e. The Balaban J connectivity index is 2.06. The van der Waals surface area contributed by atoms with Crippen LogP contribution in [0.5, 0.6) is 5.75 Å². The van der Waals surface area contributed by atoms with Crippen LogP contribution in [0.4, 0.5) is 11.4 Å². The fourth-order valence-electron chi connectivity index (χ4n) is 2.74. The Morgan fingerprint density at radius 3 is 2.59 bits per heavy atom. The SMILES string of the molecule is Cc1ccc(C(=O)OCCCl)cc1N=Nc1c(O)c(C(=O)O)cc2ccccc12. The van der Waals surface area contributed by atoms with Crippen LogP contribution in [0.15, 0.2) is 58.8 Å². The number of azo groups is 1. The van der Waals surface area contributed by atoms with E-state index >= 15 is 0 Å². The van der Waals surface area contributed by atoms with Crippen LogP contribution in [0.25, 0.3) is 10.8 Å². The van der Waals surface area contributed by atoms with E-state index in [4.69, 9.17) is 16.3 Å². The normalized spacial score (nSPS) is 11.1. The van der Waals surface area contributed by atoms with Crippen molar-refractivity contribution in [2.75, 3.05) is 12.5 Å². The van der Waals surface area contributed by atoms with Gasteiger partial charge < -0.3 is 14.9 Å². The number of benzene rings is 3. The second kappa shape index (κ2) is 8.70. The van der Waals surface area contributed by atoms with Crippen molar-refractivity contribution in [2.45, 2.75) is 6.92 Å². The number of carbonyl (C=O) groups excluding carboxylic acids is 1. The van der Waals surface area contributed by atoms with Gasteiger partial charge in [-0.25, -0.2) is 9.59 Å². The van der Waals surface area contributed by atoms with Crippen molar-refractivity contribution in [2.24, 2.45) is 10.2 Å². The zero-order valence-electron chi connectivity index (χ0n) is 15.4. The summed E-state index contributed by atoms with van der Waals surface area (Å²) in [5.74, 6) is -2.10. The van der Waals surface area contributed by atoms with Crippen molar-refractivity contribution in [1.82, 2.24) is 0 Å². The lowest BCUT2D eigenvalue weighted by atomic mass is 10.0. The minimum absolute atomic E-state index is 0.0371. The highest BCUT2D eigenvalue weighted by Gasteiger charge is 2.17. The van der Waals surface area contributed by atoms with E-state index in [-0.39, 0.29) is 29.3 Å². The van der Waals surface area contributed by atoms with E-state index in [1.165, 1.54) is 12.1 Å². The first-order valence-corrected chi connectivity index (χ1v) is 9.19. The summed E-state index contributed by atoms with van der Waals surface area (Å²) < 4.78 is 5.01. The summed E-state index contributed by atoms with van der Waals surface area (Å²) in [6.07, 6.45) is 0. The molecule has 0 saturated carbocycles. The molecule has 3 aromatic carbocycles. The molecule has 0 saturated heterocycles. The van der Waals surface area contributed by atoms with Crippen molar-refractivity contribution in [1.29, 1.82) is 0 Å². The minimum atomic E-state index is -1.27. The second-order valence-corrected chi connectivity index (χ2v) is 6.55. The van der Waals surface area contributed by atoms with Gasteiger partial charge >= 0.3 is 11.9 Å². The molecule has 3 aromatic rings. The molecule has 0 aromatic heterocycles. The predicted octanol–water partition coefficient (Wildman–Crippen LogP) is 5.36. The molecule has 7 nitrogen and oxygen atoms in total. The Kier molecular flexibility index (Phi) is 6.09. The van der Waals surface area contributed by atoms with E-state index < -0.39 is 17.7 Å². The lowest BCUT2D eigenvalue weighted by molar-refractivity contribution is 0.0528. The fraction of sp³-hybridized carbons (Fsp3) is 0.143. The number of hydrogen-bond acceptors (Lipinski definition) is 6. The number of rotatable bonds is 6. The smallest absolute Gasteiger partial charge is 0.339 e. The number of carboxylic acid groups (broad SMARTS) is 1. The van der Waals surface area contributed by atoms with Gasteiger partial charge in [0.1, 0.15) is 17.9 Å². The summed E-state index contributed by atoms with van der Waals surface area (Å²) in [7, 11) is 0. The number of ether oxygens (including phenoxy) is 1. The first-order chi connectivity index (χ1) is 13.9. The summed E-state index contributed by atoms with van der Waals surface area (Å²) in [5, 5.41) is 29.2. The van der Waals surface area contributed by atoms with Gasteiger partial charge in [0, 0.05) is 5.39 Å². The Bertz CT molecular complexity index is 1130. The average Bonchev–Trinajstić information content (AvgIpc) is 2.71. The number of aryl methyl sites for hydroxylation is 1. The highest BCUT2D eigenvalue weighted by molar-refractivity contribution is 6.18. The molecule has 0 atom stereocenters. The number of aromatic carboxylic acids is 1. The summed E-state index contributed by atoms with van der Waals surface area (Å²) >= 11 is 5.53. The van der Waals surface area contributed by atoms with E-state index in [1.807, 2.05) is 0 Å². The molecule has 0 unspecified atom stereocenters. The lowest BCUT2D eigenvalue weighted by Crippen LogP contribution is -2.07. The summed E-state index contributed by atoms with van der Waals surface area (Å²) in [6, 6.07) is 13.1. The van der Waals surface area contributed by atoms with Crippen LogP contribution in [0.3, 0.4) is 0 Å². The second-order valence-electron chi connectivity index (χ2n) is 6.17. The molecular weight excluding hydrogens is 396 g/mol. The quantitative estimate of drug-likeness (QED) is 0.321. The molecule has 0 aliphatic heterocycles. The van der Waals surface area contributed by atoms with Gasteiger partial charge in [-0.05, 0) is 36.1 Å². The fourth-order valence-corrected chi connectivity index (χ4v) is 2.82. The highest BCUT2D eigenvalue weighted by Crippen LogP contribution is 2.39. The van der Waals surface area contributed by atoms with Crippen LogP contribution in [-0.2, 0) is 4.74 Å². The first kappa shape index (κ1) is 20.3. The van der Waals surface area contributed by atoms with Crippen LogP contribution in [-0.4, -0.2) is 34.6 Å². The standard InChI is InChI=1S/C21H17ClN2O5/c1-12-6-7-14(21(28)29-9-8-22)11-17(12)23-24-18-15-5-3-2-4-13(15)10-16(19(18)25)20(26)27/h2-7,10-11,25H,8-9H2,1H3,(H,26,27). The Labute approximate surface area is 171 Å². The van der Waals surface area contributed by atoms with Gasteiger partial charge in [0.05, 0.1) is 17.1 Å². The number of hydrogen-bond donors (Lipinski definition) is 2. The number of phenols is 1. The largest absolute Gasteiger partial charge is 0.505 e. The number of aromatic hydroxyl groups is 1. The average molecular weight is 413 g/mol. The van der Waals surface area contributed by atoms with E-state index in [9.17, 15) is 19.8 Å². The zero-order valence-corrected chi connectivity index (χ0v) is 16.2. The number of esters is 1. The number of carbonyl (C=O) groups is 2. The molecule has 0 radical (unpaired) electrons. The number of fused-ring (bicyclic) bond motifs is 1. The van der Waals surface area contributed by atoms with Crippen molar-refractivity contribution < 1.29 is 24.5 Å². The Morgan fingerprint density at radius 2 is 1.86 bits per heavy atom. The van der Waals surface area contributed by atoms with E-state index in [2.05, 4.69) is 10.2 Å². The van der Waals surface area contributed by atoms with Gasteiger partial charge in [-0.15, -0.1) is 16.7 Å². The number of halogens is 1. The molecule has 0 aliphatic rings. The van der Waals surface area contributed by atoms with Crippen molar-refractivity contribution in [3.8, 4) is 5.75 Å². The maximum absolute atomic E-state index is 12.0. The van der Waals surface area contributed by atoms with Crippen molar-refractivity contribution >= 4 is 45.7 Å². The van der Waals surface area contributed by atoms with Gasteiger partial charge in [-0.1, -0.05) is 30.3 Å². The highest BCUT2D eigenvalue weighted by atomic mass is 35.5. The van der Waals surface area contributed by atoms with E-state index in [0.29, 0.717) is 16.5 Å². The Hall–Kier alpha value is -3.45. The molecule has 2 N–H and O–H groups in total. The number of nitrogens with zero attached hydrogens (tertiary/aromatic N) is 2. The Morgan fingerprint density at radius 1 is 1.10 bits per heavy atom. The van der Waals surface area contributed by atoms with Gasteiger partial charge in [0.2, 0.25) is 0 Å². The van der Waals surface area contributed by atoms with Crippen LogP contribution < -0.4 is 0 Å². The molecule has 0 spiro atoms. The molecule has 29 heavy (non-hydrogen) atoms. The van der Waals surface area contributed by atoms with Crippen LogP contribution in [0.2, 0.25) is 0 Å². The molecular formula is C21H17ClN2O5. The molecule has 148 valence electrons. The molecule has 0 amide bonds. The molecule has 3 rings (SSSR count). The first-order valence-electron chi connectivity index (χ1n) is 8.66. The number of carboxylic acids is 1. The van der Waals surface area contributed by atoms with Crippen LogP contribution >= 0.6 is 11.6 Å². The maximum atomic E-state index is 12.0. The maximum Gasteiger partial charge on any atom is 0.339 e. The summed E-state index contributed by atoms with van der Waals surface area (Å²) in [6.45, 7) is 1.88. The lowest BCUT2D eigenvalue weighted by Gasteiger charge is -2.08. The third kappa shape index (κ3) is 4.35. The third-order valence-electron chi connectivity index (χ3n) is 4.24. The molecule has 0 bridgehead atoms. The molecule has 0 heterocycles. The third-order valence-corrected chi connectivity index (χ3v) is 4.39. The number of alkyl halides is 1. The van der Waals surface area contributed by atoms with Gasteiger partial charge in [0.25, 0.3) is 0 Å². The molecule has 0 fully saturated rings. The van der Waals surface area contributed by atoms with Gasteiger partial charge in [-0.3, -0.25) is 0 Å². The van der Waals surface area contributed by atoms with E-state index in [1.54, 1.807) is 43.3 Å². The zero-order chi connectivity index (χ0) is 21.0. The van der Waals surface area contributed by atoms with E-state index in [0.717, 1.165) is 5.56 Å². The van der Waals surface area contributed by atoms with Crippen molar-refractivity contribution in [3.63, 3.8) is 0 Å². The van der Waals surface area contributed by atoms with Crippen LogP contribution in [0.1, 0.15) is 26.3 Å². The van der Waals surface area contributed by atoms with Crippen molar-refractivity contribution in [3.05, 3.63) is 65.2 Å². The molecule has 0 aliphatic carbocycles. The van der Waals surface area contributed by atoms with Gasteiger partial charge in [-0.2, -0.15) is 5.11 Å². The monoisotopic (exact) mass is 412 g/mol. The van der Waals surface area contributed by atoms with Gasteiger partial charge in [0.15, 0.2) is 5.75 Å². The van der Waals surface area contributed by atoms with Crippen LogP contribution in [0, 0.1) is 6.92 Å². The predicted molar refractivity (Wildman–Crippen MR) is 109 cm³/mol. The summed E-state index contributed by atoms with van der Waals surface area (Å²) in [4.78, 5) is 23.5. The molecule has 8 heteroatoms.